The summed E-state index contributed by atoms with van der Waals surface area (Å²) in [6.07, 6.45) is -0.0928. The van der Waals surface area contributed by atoms with Crippen LogP contribution in [0.5, 0.6) is 0 Å². The van der Waals surface area contributed by atoms with Gasteiger partial charge < -0.3 is 0 Å². The summed E-state index contributed by atoms with van der Waals surface area (Å²) in [6.45, 7) is 1.82. The average Bonchev–Trinajstić information content (AvgIpc) is 2.70. The maximum absolute atomic E-state index is 11.6. The number of hydrogen-bond donors (Lipinski definition) is 0. The predicted octanol–water partition coefficient (Wildman–Crippen LogP) is 0.520. The minimum absolute atomic E-state index is 0.0549. The maximum Gasteiger partial charge on any atom is 0.237 e. The number of rotatable bonds is 2. The minimum Gasteiger partial charge on any atom is -0.285 e. The molecular weight excluding hydrogens is 274 g/mol. The molecule has 0 aromatic carbocycles. The summed E-state index contributed by atoms with van der Waals surface area (Å²) < 4.78 is 22.2. The van der Waals surface area contributed by atoms with Crippen LogP contribution in [0.3, 0.4) is 0 Å². The van der Waals surface area contributed by atoms with E-state index in [4.69, 9.17) is 10.7 Å². The number of hydrogen-bond acceptors (Lipinski definition) is 6. The van der Waals surface area contributed by atoms with Crippen molar-refractivity contribution in [3.63, 3.8) is 0 Å². The molecule has 0 aliphatic carbocycles. The molecule has 16 heavy (non-hydrogen) atoms. The fourth-order valence-electron chi connectivity index (χ4n) is 1.44. The van der Waals surface area contributed by atoms with Gasteiger partial charge in [0.15, 0.2) is 0 Å². The fourth-order valence-corrected chi connectivity index (χ4v) is 3.18. The number of aryl methyl sites for hydroxylation is 1. The van der Waals surface area contributed by atoms with E-state index in [1.165, 1.54) is 16.2 Å². The van der Waals surface area contributed by atoms with E-state index in [1.807, 2.05) is 0 Å². The van der Waals surface area contributed by atoms with Crippen LogP contribution < -0.4 is 4.90 Å². The molecule has 1 saturated heterocycles. The molecule has 2 rings (SSSR count). The summed E-state index contributed by atoms with van der Waals surface area (Å²) in [5.74, 6) is -0.287. The van der Waals surface area contributed by atoms with Crippen LogP contribution in [0.15, 0.2) is 0 Å². The summed E-state index contributed by atoms with van der Waals surface area (Å²) in [6, 6.07) is 0. The molecule has 0 saturated carbocycles. The van der Waals surface area contributed by atoms with E-state index in [0.717, 1.165) is 5.01 Å². The number of aromatic nitrogens is 2. The van der Waals surface area contributed by atoms with Gasteiger partial charge in [0.1, 0.15) is 10.3 Å². The summed E-state index contributed by atoms with van der Waals surface area (Å²) in [7, 11) is 1.52. The Labute approximate surface area is 101 Å². The van der Waals surface area contributed by atoms with Gasteiger partial charge in [0, 0.05) is 23.6 Å². The van der Waals surface area contributed by atoms with Crippen molar-refractivity contribution < 1.29 is 13.2 Å². The fraction of sp³-hybridized carbons (Fsp3) is 0.571. The molecule has 1 amide bonds. The van der Waals surface area contributed by atoms with Gasteiger partial charge in [-0.3, -0.25) is 9.69 Å². The van der Waals surface area contributed by atoms with Crippen molar-refractivity contribution in [2.75, 3.05) is 11.4 Å². The largest absolute Gasteiger partial charge is 0.285 e. The van der Waals surface area contributed by atoms with Crippen molar-refractivity contribution in [3.05, 3.63) is 5.01 Å². The lowest BCUT2D eigenvalue weighted by Gasteiger charge is -2.10. The normalized spacial score (nSPS) is 21.8. The second kappa shape index (κ2) is 3.94. The van der Waals surface area contributed by atoms with E-state index >= 15 is 0 Å². The van der Waals surface area contributed by atoms with Gasteiger partial charge in [0.25, 0.3) is 0 Å². The molecule has 1 aliphatic rings. The maximum atomic E-state index is 11.6. The highest BCUT2D eigenvalue weighted by Gasteiger charge is 2.39. The van der Waals surface area contributed by atoms with Crippen LogP contribution in [0.25, 0.3) is 0 Å². The minimum atomic E-state index is -3.70. The van der Waals surface area contributed by atoms with Crippen LogP contribution in [-0.2, 0) is 13.8 Å². The van der Waals surface area contributed by atoms with Crippen molar-refractivity contribution in [1.29, 1.82) is 0 Å². The van der Waals surface area contributed by atoms with Crippen LogP contribution in [0.2, 0.25) is 0 Å². The first-order chi connectivity index (χ1) is 7.38. The molecular formula is C7H8ClN3O3S2. The van der Waals surface area contributed by atoms with Crippen molar-refractivity contribution >= 4 is 42.1 Å². The van der Waals surface area contributed by atoms with Crippen LogP contribution in [0.1, 0.15) is 11.4 Å². The first-order valence-electron chi connectivity index (χ1n) is 4.42. The average molecular weight is 282 g/mol. The smallest absolute Gasteiger partial charge is 0.237 e. The molecule has 0 N–H and O–H groups in total. The van der Waals surface area contributed by atoms with Gasteiger partial charge in [-0.15, -0.1) is 10.2 Å². The predicted molar refractivity (Wildman–Crippen MR) is 60.2 cm³/mol. The third-order valence-electron chi connectivity index (χ3n) is 2.23. The second-order valence-electron chi connectivity index (χ2n) is 3.41. The van der Waals surface area contributed by atoms with E-state index in [9.17, 15) is 13.2 Å². The lowest BCUT2D eigenvalue weighted by Crippen LogP contribution is -2.26. The van der Waals surface area contributed by atoms with Gasteiger partial charge in [-0.05, 0) is 6.92 Å². The zero-order valence-corrected chi connectivity index (χ0v) is 10.6. The Morgan fingerprint density at radius 1 is 1.50 bits per heavy atom. The first kappa shape index (κ1) is 11.7. The highest BCUT2D eigenvalue weighted by atomic mass is 35.7. The molecule has 0 bridgehead atoms. The first-order valence-corrected chi connectivity index (χ1v) is 7.61. The van der Waals surface area contributed by atoms with Gasteiger partial charge in [-0.1, -0.05) is 11.3 Å². The van der Waals surface area contributed by atoms with E-state index in [2.05, 4.69) is 10.2 Å². The van der Waals surface area contributed by atoms with E-state index in [0.29, 0.717) is 5.13 Å². The Morgan fingerprint density at radius 3 is 2.62 bits per heavy atom. The monoisotopic (exact) mass is 281 g/mol. The van der Waals surface area contributed by atoms with Crippen LogP contribution in [0.4, 0.5) is 5.13 Å². The van der Waals surface area contributed by atoms with E-state index < -0.39 is 14.3 Å². The number of carbonyl (C=O) groups excluding carboxylic acids is 1. The van der Waals surface area contributed by atoms with Crippen molar-refractivity contribution in [2.24, 2.45) is 0 Å². The molecule has 1 unspecified atom stereocenters. The number of nitrogens with zero attached hydrogens (tertiary/aromatic N) is 3. The van der Waals surface area contributed by atoms with Gasteiger partial charge >= 0.3 is 0 Å². The molecule has 1 aliphatic heterocycles. The number of carbonyl (C=O) groups is 1. The Bertz CT molecular complexity index is 527. The van der Waals surface area contributed by atoms with Crippen molar-refractivity contribution in [2.45, 2.75) is 18.6 Å². The molecule has 6 nitrogen and oxygen atoms in total. The Balaban J connectivity index is 2.24. The van der Waals surface area contributed by atoms with Gasteiger partial charge in [-0.25, -0.2) is 8.42 Å². The lowest BCUT2D eigenvalue weighted by molar-refractivity contribution is -0.117. The zero-order valence-electron chi connectivity index (χ0n) is 8.25. The van der Waals surface area contributed by atoms with Gasteiger partial charge in [-0.2, -0.15) is 0 Å². The second-order valence-corrected chi connectivity index (χ2v) is 7.48. The number of halogens is 1. The summed E-state index contributed by atoms with van der Waals surface area (Å²) in [4.78, 5) is 12.9. The summed E-state index contributed by atoms with van der Waals surface area (Å²) in [5.41, 5.74) is 0. The zero-order chi connectivity index (χ0) is 11.9. The van der Waals surface area contributed by atoms with Crippen LogP contribution >= 0.6 is 22.0 Å². The summed E-state index contributed by atoms with van der Waals surface area (Å²) in [5, 5.41) is 7.86. The molecule has 1 atom stereocenters. The molecule has 0 spiro atoms. The third-order valence-corrected chi connectivity index (χ3v) is 4.96. The van der Waals surface area contributed by atoms with E-state index in [1.54, 1.807) is 6.92 Å². The summed E-state index contributed by atoms with van der Waals surface area (Å²) >= 11 is 1.25. The highest BCUT2D eigenvalue weighted by Crippen LogP contribution is 2.28. The molecule has 0 radical (unpaired) electrons. The van der Waals surface area contributed by atoms with Gasteiger partial charge in [0.2, 0.25) is 20.1 Å². The molecule has 1 aromatic rings. The molecule has 1 fully saturated rings. The Morgan fingerprint density at radius 2 is 2.19 bits per heavy atom. The lowest BCUT2D eigenvalue weighted by atomic mass is 10.4. The van der Waals surface area contributed by atoms with Crippen molar-refractivity contribution in [3.8, 4) is 0 Å². The Hall–Kier alpha value is -0.730. The Kier molecular flexibility index (Phi) is 2.89. The third kappa shape index (κ3) is 2.18. The SMILES string of the molecule is Cc1nnc(N2CC(S(=O)(=O)Cl)CC2=O)s1. The highest BCUT2D eigenvalue weighted by molar-refractivity contribution is 8.14. The number of amides is 1. The quantitative estimate of drug-likeness (QED) is 0.738. The van der Waals surface area contributed by atoms with Gasteiger partial charge in [0.05, 0.1) is 0 Å². The standard InChI is InChI=1S/C7H8ClN3O3S2/c1-4-9-10-7(15-4)11-3-5(2-6(11)12)16(8,13)14/h5H,2-3H2,1H3. The molecule has 1 aromatic heterocycles. The molecule has 9 heteroatoms. The van der Waals surface area contributed by atoms with E-state index in [-0.39, 0.29) is 18.9 Å². The molecule has 2 heterocycles. The molecule has 88 valence electrons. The van der Waals surface area contributed by atoms with Crippen molar-refractivity contribution in [1.82, 2.24) is 10.2 Å². The topological polar surface area (TPSA) is 80.2 Å². The van der Waals surface area contributed by atoms with Crippen LogP contribution in [0, 0.1) is 6.92 Å². The van der Waals surface area contributed by atoms with Crippen LogP contribution in [-0.4, -0.2) is 36.3 Å². The number of anilines is 1.